The quantitative estimate of drug-likeness (QED) is 0.539. The molecule has 0 aliphatic carbocycles. The highest BCUT2D eigenvalue weighted by molar-refractivity contribution is 5.87. The number of anilines is 3. The van der Waals surface area contributed by atoms with E-state index >= 15 is 0 Å². The molecule has 0 saturated carbocycles. The second kappa shape index (κ2) is 4.06. The molecule has 0 radical (unpaired) electrons. The summed E-state index contributed by atoms with van der Waals surface area (Å²) in [6.45, 7) is 0. The molecule has 4 N–H and O–H groups in total. The van der Waals surface area contributed by atoms with E-state index in [9.17, 15) is 0 Å². The molecule has 1 heterocycles. The van der Waals surface area contributed by atoms with E-state index in [4.69, 9.17) is 11.1 Å². The molecule has 0 atom stereocenters. The lowest BCUT2D eigenvalue weighted by Gasteiger charge is -2.05. The maximum atomic E-state index is 7.21. The summed E-state index contributed by atoms with van der Waals surface area (Å²) in [5, 5.41) is 14.5. The van der Waals surface area contributed by atoms with Gasteiger partial charge in [0.05, 0.1) is 0 Å². The predicted molar refractivity (Wildman–Crippen MR) is 65.2 cm³/mol. The van der Waals surface area contributed by atoms with Crippen LogP contribution in [0, 0.1) is 5.41 Å². The summed E-state index contributed by atoms with van der Waals surface area (Å²) >= 11 is 0. The SMILES string of the molecule is Cn1ccc(Nc2ccc(N)c(C=N)c2)n1. The Morgan fingerprint density at radius 2 is 2.25 bits per heavy atom. The molecule has 0 fully saturated rings. The van der Waals surface area contributed by atoms with Gasteiger partial charge in [0.2, 0.25) is 0 Å². The summed E-state index contributed by atoms with van der Waals surface area (Å²) in [5.74, 6) is 0.767. The topological polar surface area (TPSA) is 79.7 Å². The van der Waals surface area contributed by atoms with Crippen molar-refractivity contribution in [1.29, 1.82) is 5.41 Å². The van der Waals surface area contributed by atoms with Gasteiger partial charge in [-0.1, -0.05) is 0 Å². The molecule has 5 heteroatoms. The Balaban J connectivity index is 2.25. The third kappa shape index (κ3) is 2.03. The minimum absolute atomic E-state index is 0.599. The maximum absolute atomic E-state index is 7.21. The first-order valence-electron chi connectivity index (χ1n) is 4.86. The number of nitrogens with zero attached hydrogens (tertiary/aromatic N) is 2. The van der Waals surface area contributed by atoms with Gasteiger partial charge in [-0.15, -0.1) is 0 Å². The van der Waals surface area contributed by atoms with Gasteiger partial charge in [-0.25, -0.2) is 0 Å². The van der Waals surface area contributed by atoms with Crippen molar-refractivity contribution in [1.82, 2.24) is 9.78 Å². The fraction of sp³-hybridized carbons (Fsp3) is 0.0909. The average Bonchev–Trinajstić information content (AvgIpc) is 2.67. The summed E-state index contributed by atoms with van der Waals surface area (Å²) in [5.41, 5.74) is 7.86. The lowest BCUT2D eigenvalue weighted by Crippen LogP contribution is -1.97. The molecule has 0 aliphatic rings. The summed E-state index contributed by atoms with van der Waals surface area (Å²) in [6, 6.07) is 7.32. The van der Waals surface area contributed by atoms with E-state index in [1.807, 2.05) is 31.4 Å². The van der Waals surface area contributed by atoms with Gasteiger partial charge in [-0.05, 0) is 18.2 Å². The Kier molecular flexibility index (Phi) is 2.59. The van der Waals surface area contributed by atoms with Crippen LogP contribution in [0.25, 0.3) is 0 Å². The van der Waals surface area contributed by atoms with Gasteiger partial charge in [0, 0.05) is 42.5 Å². The van der Waals surface area contributed by atoms with Crippen molar-refractivity contribution in [3.05, 3.63) is 36.0 Å². The number of hydrogen-bond acceptors (Lipinski definition) is 4. The molecule has 1 aromatic carbocycles. The number of nitrogens with one attached hydrogen (secondary N) is 2. The van der Waals surface area contributed by atoms with Crippen molar-refractivity contribution >= 4 is 23.4 Å². The van der Waals surface area contributed by atoms with Crippen molar-refractivity contribution in [2.75, 3.05) is 11.1 Å². The summed E-state index contributed by atoms with van der Waals surface area (Å²) < 4.78 is 1.72. The predicted octanol–water partition coefficient (Wildman–Crippen LogP) is 1.74. The molecule has 2 rings (SSSR count). The monoisotopic (exact) mass is 215 g/mol. The number of aryl methyl sites for hydroxylation is 1. The van der Waals surface area contributed by atoms with Crippen LogP contribution < -0.4 is 11.1 Å². The summed E-state index contributed by atoms with van der Waals surface area (Å²) in [4.78, 5) is 0. The number of rotatable bonds is 3. The van der Waals surface area contributed by atoms with Crippen molar-refractivity contribution in [3.63, 3.8) is 0 Å². The van der Waals surface area contributed by atoms with E-state index in [0.717, 1.165) is 11.5 Å². The van der Waals surface area contributed by atoms with Crippen LogP contribution in [-0.2, 0) is 7.05 Å². The zero-order chi connectivity index (χ0) is 11.5. The van der Waals surface area contributed by atoms with Crippen LogP contribution in [0.4, 0.5) is 17.2 Å². The Morgan fingerprint density at radius 3 is 2.88 bits per heavy atom. The van der Waals surface area contributed by atoms with Crippen LogP contribution in [0.2, 0.25) is 0 Å². The standard InChI is InChI=1S/C11H13N5/c1-16-5-4-11(15-16)14-9-2-3-10(13)8(6-9)7-12/h2-7,12H,13H2,1H3,(H,14,15). The van der Waals surface area contributed by atoms with E-state index in [1.54, 1.807) is 10.7 Å². The highest BCUT2D eigenvalue weighted by Crippen LogP contribution is 2.19. The third-order valence-corrected chi connectivity index (χ3v) is 2.23. The van der Waals surface area contributed by atoms with Gasteiger partial charge < -0.3 is 16.5 Å². The number of benzene rings is 1. The molecule has 0 unspecified atom stereocenters. The van der Waals surface area contributed by atoms with Crippen molar-refractivity contribution < 1.29 is 0 Å². The Morgan fingerprint density at radius 1 is 1.44 bits per heavy atom. The van der Waals surface area contributed by atoms with Crippen LogP contribution >= 0.6 is 0 Å². The zero-order valence-electron chi connectivity index (χ0n) is 8.94. The Hall–Kier alpha value is -2.30. The molecule has 0 aliphatic heterocycles. The van der Waals surface area contributed by atoms with Gasteiger partial charge in [0.15, 0.2) is 5.82 Å². The Labute approximate surface area is 93.4 Å². The van der Waals surface area contributed by atoms with E-state index in [0.29, 0.717) is 11.3 Å². The summed E-state index contributed by atoms with van der Waals surface area (Å²) in [6.07, 6.45) is 3.09. The van der Waals surface area contributed by atoms with Crippen molar-refractivity contribution in [3.8, 4) is 0 Å². The second-order valence-electron chi connectivity index (χ2n) is 3.49. The molecule has 2 aromatic rings. The van der Waals surface area contributed by atoms with Crippen molar-refractivity contribution in [2.24, 2.45) is 7.05 Å². The highest BCUT2D eigenvalue weighted by atomic mass is 15.3. The highest BCUT2D eigenvalue weighted by Gasteiger charge is 2.00. The smallest absolute Gasteiger partial charge is 0.152 e. The molecular formula is C11H13N5. The van der Waals surface area contributed by atoms with E-state index in [2.05, 4.69) is 10.4 Å². The van der Waals surface area contributed by atoms with E-state index in [-0.39, 0.29) is 0 Å². The maximum Gasteiger partial charge on any atom is 0.152 e. The van der Waals surface area contributed by atoms with Gasteiger partial charge in [0.25, 0.3) is 0 Å². The lowest BCUT2D eigenvalue weighted by molar-refractivity contribution is 0.771. The largest absolute Gasteiger partial charge is 0.398 e. The fourth-order valence-corrected chi connectivity index (χ4v) is 1.41. The van der Waals surface area contributed by atoms with Crippen LogP contribution in [0.3, 0.4) is 0 Å². The number of nitrogen functional groups attached to an aromatic ring is 1. The third-order valence-electron chi connectivity index (χ3n) is 2.23. The van der Waals surface area contributed by atoms with Crippen LogP contribution in [0.1, 0.15) is 5.56 Å². The minimum atomic E-state index is 0.599. The van der Waals surface area contributed by atoms with Gasteiger partial charge in [-0.2, -0.15) is 5.10 Å². The number of hydrogen-bond donors (Lipinski definition) is 3. The molecular weight excluding hydrogens is 202 g/mol. The van der Waals surface area contributed by atoms with Crippen LogP contribution in [-0.4, -0.2) is 16.0 Å². The van der Waals surface area contributed by atoms with Gasteiger partial charge in [0.1, 0.15) is 0 Å². The average molecular weight is 215 g/mol. The number of nitrogens with two attached hydrogens (primary N) is 1. The molecule has 16 heavy (non-hydrogen) atoms. The second-order valence-corrected chi connectivity index (χ2v) is 3.49. The molecule has 1 aromatic heterocycles. The summed E-state index contributed by atoms with van der Waals surface area (Å²) in [7, 11) is 1.86. The van der Waals surface area contributed by atoms with Crippen molar-refractivity contribution in [2.45, 2.75) is 0 Å². The van der Waals surface area contributed by atoms with E-state index < -0.39 is 0 Å². The molecule has 0 amide bonds. The molecule has 82 valence electrons. The first-order valence-corrected chi connectivity index (χ1v) is 4.86. The van der Waals surface area contributed by atoms with E-state index in [1.165, 1.54) is 6.21 Å². The minimum Gasteiger partial charge on any atom is -0.398 e. The fourth-order valence-electron chi connectivity index (χ4n) is 1.41. The van der Waals surface area contributed by atoms with Gasteiger partial charge >= 0.3 is 0 Å². The molecule has 5 nitrogen and oxygen atoms in total. The number of aromatic nitrogens is 2. The van der Waals surface area contributed by atoms with Gasteiger partial charge in [-0.3, -0.25) is 4.68 Å². The molecule has 0 saturated heterocycles. The first-order chi connectivity index (χ1) is 7.69. The zero-order valence-corrected chi connectivity index (χ0v) is 8.94. The normalized spacial score (nSPS) is 10.1. The van der Waals surface area contributed by atoms with Crippen LogP contribution in [0.15, 0.2) is 30.5 Å². The lowest BCUT2D eigenvalue weighted by atomic mass is 10.2. The first kappa shape index (κ1) is 10.2. The van der Waals surface area contributed by atoms with Crippen LogP contribution in [0.5, 0.6) is 0 Å². The Bertz CT molecular complexity index is 515. The molecule has 0 spiro atoms. The molecule has 0 bridgehead atoms.